The minimum absolute atomic E-state index is 0.243. The average molecular weight is 371 g/mol. The molecule has 1 unspecified atom stereocenters. The standard InChI is InChI=1S/C10H13BrCl4O/c1-9(16,4-5-12)8(14)2-3-10(15,6-11)7-13/h2-5,8,16H,6-7H2,1H3/b3-2+,5-4+/t8-,9-,10?/m1/s1. The molecule has 0 aliphatic heterocycles. The fourth-order valence-corrected chi connectivity index (χ4v) is 2.07. The van der Waals surface area contributed by atoms with Gasteiger partial charge in [-0.3, -0.25) is 0 Å². The van der Waals surface area contributed by atoms with Crippen LogP contribution in [0, 0.1) is 0 Å². The van der Waals surface area contributed by atoms with Crippen molar-refractivity contribution >= 4 is 62.3 Å². The molecule has 0 spiro atoms. The van der Waals surface area contributed by atoms with Gasteiger partial charge in [0.05, 0.1) is 10.3 Å². The number of alkyl halides is 4. The van der Waals surface area contributed by atoms with E-state index in [2.05, 4.69) is 15.9 Å². The van der Waals surface area contributed by atoms with Crippen molar-refractivity contribution in [3.63, 3.8) is 0 Å². The predicted octanol–water partition coefficient (Wildman–Crippen LogP) is 4.26. The summed E-state index contributed by atoms with van der Waals surface area (Å²) in [6, 6.07) is 0. The van der Waals surface area contributed by atoms with E-state index in [4.69, 9.17) is 46.4 Å². The maximum absolute atomic E-state index is 9.88. The molecule has 0 radical (unpaired) electrons. The van der Waals surface area contributed by atoms with Gasteiger partial charge in [0.2, 0.25) is 0 Å². The van der Waals surface area contributed by atoms with Gasteiger partial charge in [-0.1, -0.05) is 39.7 Å². The number of hydrogen-bond donors (Lipinski definition) is 1. The van der Waals surface area contributed by atoms with Crippen LogP contribution in [0.15, 0.2) is 23.8 Å². The molecular formula is C10H13BrCl4O. The Kier molecular flexibility index (Phi) is 8.01. The lowest BCUT2D eigenvalue weighted by atomic mass is 10.0. The Morgan fingerprint density at radius 2 is 2.00 bits per heavy atom. The molecular weight excluding hydrogens is 358 g/mol. The minimum Gasteiger partial charge on any atom is -0.384 e. The second-order valence-electron chi connectivity index (χ2n) is 3.58. The summed E-state index contributed by atoms with van der Waals surface area (Å²) < 4.78 is 0. The number of rotatable bonds is 6. The molecule has 0 saturated heterocycles. The Hall–Kier alpha value is 1.08. The lowest BCUT2D eigenvalue weighted by Crippen LogP contribution is -2.32. The van der Waals surface area contributed by atoms with Crippen molar-refractivity contribution in [1.82, 2.24) is 0 Å². The van der Waals surface area contributed by atoms with Crippen molar-refractivity contribution in [3.8, 4) is 0 Å². The van der Waals surface area contributed by atoms with Gasteiger partial charge in [0, 0.05) is 16.7 Å². The smallest absolute Gasteiger partial charge is 0.101 e. The molecule has 0 aromatic rings. The van der Waals surface area contributed by atoms with Gasteiger partial charge in [0.1, 0.15) is 5.60 Å². The van der Waals surface area contributed by atoms with Crippen LogP contribution in [0.1, 0.15) is 6.92 Å². The monoisotopic (exact) mass is 368 g/mol. The first kappa shape index (κ1) is 17.1. The number of halogens is 5. The summed E-state index contributed by atoms with van der Waals surface area (Å²) in [5.74, 6) is 0.243. The van der Waals surface area contributed by atoms with Crippen molar-refractivity contribution < 1.29 is 5.11 Å². The Morgan fingerprint density at radius 3 is 2.38 bits per heavy atom. The highest BCUT2D eigenvalue weighted by molar-refractivity contribution is 9.09. The summed E-state index contributed by atoms with van der Waals surface area (Å²) in [6.45, 7) is 1.55. The summed E-state index contributed by atoms with van der Waals surface area (Å²) in [7, 11) is 0. The zero-order valence-electron chi connectivity index (χ0n) is 8.64. The first-order valence-corrected chi connectivity index (χ1v) is 7.36. The molecule has 0 aliphatic rings. The molecule has 0 aromatic heterocycles. The fourth-order valence-electron chi connectivity index (χ4n) is 0.796. The Bertz CT molecular complexity index is 262. The average Bonchev–Trinajstić information content (AvgIpc) is 2.25. The quantitative estimate of drug-likeness (QED) is 0.547. The van der Waals surface area contributed by atoms with Crippen LogP contribution >= 0.6 is 62.3 Å². The van der Waals surface area contributed by atoms with Crippen LogP contribution in [0.5, 0.6) is 0 Å². The Morgan fingerprint density at radius 1 is 1.44 bits per heavy atom. The summed E-state index contributed by atoms with van der Waals surface area (Å²) >= 11 is 26.5. The Balaban J connectivity index is 4.66. The lowest BCUT2D eigenvalue weighted by Gasteiger charge is -2.24. The first-order chi connectivity index (χ1) is 7.31. The normalized spacial score (nSPS) is 22.2. The highest BCUT2D eigenvalue weighted by atomic mass is 79.9. The largest absolute Gasteiger partial charge is 0.384 e. The van der Waals surface area contributed by atoms with Crippen molar-refractivity contribution in [3.05, 3.63) is 23.8 Å². The van der Waals surface area contributed by atoms with E-state index in [0.717, 1.165) is 0 Å². The third-order valence-corrected chi connectivity index (χ3v) is 5.01. The van der Waals surface area contributed by atoms with Crippen molar-refractivity contribution in [2.45, 2.75) is 22.8 Å². The maximum atomic E-state index is 9.88. The Labute approximate surface area is 125 Å². The maximum Gasteiger partial charge on any atom is 0.101 e. The van der Waals surface area contributed by atoms with Crippen LogP contribution in [0.3, 0.4) is 0 Å². The molecule has 0 fully saturated rings. The topological polar surface area (TPSA) is 20.2 Å². The third kappa shape index (κ3) is 5.61. The van der Waals surface area contributed by atoms with E-state index in [1.165, 1.54) is 11.6 Å². The molecule has 0 saturated carbocycles. The number of hydrogen-bond acceptors (Lipinski definition) is 1. The summed E-state index contributed by atoms with van der Waals surface area (Å²) in [5.41, 5.74) is -0.000562. The fraction of sp³-hybridized carbons (Fsp3) is 0.600. The van der Waals surface area contributed by atoms with Gasteiger partial charge in [-0.2, -0.15) is 0 Å². The first-order valence-electron chi connectivity index (χ1n) is 4.46. The van der Waals surface area contributed by atoms with Gasteiger partial charge in [-0.15, -0.1) is 34.8 Å². The second-order valence-corrected chi connectivity index (χ2v) is 5.88. The highest BCUT2D eigenvalue weighted by Crippen LogP contribution is 2.25. The van der Waals surface area contributed by atoms with Crippen molar-refractivity contribution in [2.24, 2.45) is 0 Å². The second kappa shape index (κ2) is 7.50. The van der Waals surface area contributed by atoms with E-state index in [9.17, 15) is 5.11 Å². The molecule has 16 heavy (non-hydrogen) atoms. The molecule has 6 heteroatoms. The number of allylic oxidation sites excluding steroid dienone is 1. The van der Waals surface area contributed by atoms with Crippen LogP contribution in [0.2, 0.25) is 0 Å². The van der Waals surface area contributed by atoms with Crippen molar-refractivity contribution in [2.75, 3.05) is 11.2 Å². The molecule has 0 heterocycles. The van der Waals surface area contributed by atoms with E-state index in [1.807, 2.05) is 0 Å². The van der Waals surface area contributed by atoms with E-state index in [0.29, 0.717) is 5.33 Å². The summed E-state index contributed by atoms with van der Waals surface area (Å²) in [6.07, 6.45) is 4.68. The van der Waals surface area contributed by atoms with Gasteiger partial charge in [0.15, 0.2) is 0 Å². The zero-order chi connectivity index (χ0) is 12.8. The number of aliphatic hydroxyl groups is 1. The van der Waals surface area contributed by atoms with Crippen LogP contribution < -0.4 is 0 Å². The molecule has 94 valence electrons. The van der Waals surface area contributed by atoms with E-state index in [-0.39, 0.29) is 5.88 Å². The van der Waals surface area contributed by atoms with Crippen LogP contribution in [0.4, 0.5) is 0 Å². The molecule has 0 amide bonds. The SMILES string of the molecule is C[C@@](O)(/C=C/Cl)[C@H](Cl)/C=C/C(Cl)(CCl)CBr. The van der Waals surface area contributed by atoms with Gasteiger partial charge < -0.3 is 5.11 Å². The molecule has 0 rings (SSSR count). The minimum atomic E-state index is -1.23. The van der Waals surface area contributed by atoms with Gasteiger partial charge >= 0.3 is 0 Å². The molecule has 1 N–H and O–H groups in total. The zero-order valence-corrected chi connectivity index (χ0v) is 13.2. The van der Waals surface area contributed by atoms with Crippen LogP contribution in [-0.4, -0.2) is 32.2 Å². The molecule has 0 aliphatic carbocycles. The van der Waals surface area contributed by atoms with Crippen molar-refractivity contribution in [1.29, 1.82) is 0 Å². The van der Waals surface area contributed by atoms with E-state index in [1.54, 1.807) is 19.1 Å². The molecule has 0 bridgehead atoms. The van der Waals surface area contributed by atoms with Crippen LogP contribution in [-0.2, 0) is 0 Å². The van der Waals surface area contributed by atoms with Gasteiger partial charge in [0.25, 0.3) is 0 Å². The van der Waals surface area contributed by atoms with Crippen LogP contribution in [0.25, 0.3) is 0 Å². The van der Waals surface area contributed by atoms with Gasteiger partial charge in [-0.25, -0.2) is 0 Å². The molecule has 1 nitrogen and oxygen atoms in total. The molecule has 3 atom stereocenters. The summed E-state index contributed by atoms with van der Waals surface area (Å²) in [4.78, 5) is -0.699. The third-order valence-electron chi connectivity index (χ3n) is 1.97. The van der Waals surface area contributed by atoms with E-state index >= 15 is 0 Å². The van der Waals surface area contributed by atoms with E-state index < -0.39 is 15.9 Å². The lowest BCUT2D eigenvalue weighted by molar-refractivity contribution is 0.119. The molecule has 0 aromatic carbocycles. The predicted molar refractivity (Wildman–Crippen MR) is 77.5 cm³/mol. The van der Waals surface area contributed by atoms with Gasteiger partial charge in [-0.05, 0) is 13.0 Å². The highest BCUT2D eigenvalue weighted by Gasteiger charge is 2.27. The summed E-state index contributed by atoms with van der Waals surface area (Å²) in [5, 5.41) is 9.75.